The summed E-state index contributed by atoms with van der Waals surface area (Å²) in [5.74, 6) is 0. The van der Waals surface area contributed by atoms with Gasteiger partial charge in [-0.2, -0.15) is 0 Å². The molecule has 82 valence electrons. The highest BCUT2D eigenvalue weighted by atomic mass is 35.5. The van der Waals surface area contributed by atoms with Gasteiger partial charge in [0.2, 0.25) is 0 Å². The normalized spacial score (nSPS) is 12.4. The van der Waals surface area contributed by atoms with Gasteiger partial charge in [-0.1, -0.05) is 41.6 Å². The molecular formula is C12H11ClN2S. The lowest BCUT2D eigenvalue weighted by molar-refractivity contribution is 0.952. The van der Waals surface area contributed by atoms with E-state index in [0.29, 0.717) is 0 Å². The molecule has 0 aliphatic heterocycles. The van der Waals surface area contributed by atoms with Gasteiger partial charge in [0.25, 0.3) is 0 Å². The Kier molecular flexibility index (Phi) is 3.80. The van der Waals surface area contributed by atoms with Gasteiger partial charge in [-0.15, -0.1) is 0 Å². The van der Waals surface area contributed by atoms with E-state index in [-0.39, 0.29) is 5.25 Å². The van der Waals surface area contributed by atoms with Crippen molar-refractivity contribution < 1.29 is 0 Å². The largest absolute Gasteiger partial charge is 0.231 e. The van der Waals surface area contributed by atoms with Crippen molar-refractivity contribution in [1.29, 1.82) is 0 Å². The third-order valence-electron chi connectivity index (χ3n) is 2.17. The van der Waals surface area contributed by atoms with Gasteiger partial charge in [-0.3, -0.25) is 0 Å². The Morgan fingerprint density at radius 2 is 1.81 bits per heavy atom. The molecule has 0 bridgehead atoms. The number of aromatic nitrogens is 2. The van der Waals surface area contributed by atoms with Gasteiger partial charge in [0, 0.05) is 22.7 Å². The maximum atomic E-state index is 6.13. The number of rotatable bonds is 3. The van der Waals surface area contributed by atoms with Crippen LogP contribution in [0.5, 0.6) is 0 Å². The first kappa shape index (κ1) is 11.4. The van der Waals surface area contributed by atoms with E-state index in [2.05, 4.69) is 16.9 Å². The van der Waals surface area contributed by atoms with E-state index in [4.69, 9.17) is 11.6 Å². The fraction of sp³-hybridized carbons (Fsp3) is 0.167. The van der Waals surface area contributed by atoms with Crippen molar-refractivity contribution >= 4 is 23.4 Å². The van der Waals surface area contributed by atoms with Crippen LogP contribution in [-0.2, 0) is 0 Å². The Labute approximate surface area is 104 Å². The van der Waals surface area contributed by atoms with Crippen molar-refractivity contribution in [1.82, 2.24) is 9.97 Å². The summed E-state index contributed by atoms with van der Waals surface area (Å²) in [4.78, 5) is 8.37. The Morgan fingerprint density at radius 3 is 2.50 bits per heavy atom. The van der Waals surface area contributed by atoms with Crippen molar-refractivity contribution in [3.63, 3.8) is 0 Å². The summed E-state index contributed by atoms with van der Waals surface area (Å²) in [6.45, 7) is 2.10. The van der Waals surface area contributed by atoms with Crippen molar-refractivity contribution in [3.8, 4) is 0 Å². The van der Waals surface area contributed by atoms with Crippen molar-refractivity contribution in [2.45, 2.75) is 17.3 Å². The zero-order valence-corrected chi connectivity index (χ0v) is 10.4. The van der Waals surface area contributed by atoms with Crippen LogP contribution in [0.1, 0.15) is 17.7 Å². The molecule has 0 aliphatic carbocycles. The molecule has 1 unspecified atom stereocenters. The first-order valence-corrected chi connectivity index (χ1v) is 6.21. The van der Waals surface area contributed by atoms with E-state index in [9.17, 15) is 0 Å². The summed E-state index contributed by atoms with van der Waals surface area (Å²) in [6, 6.07) is 9.67. The molecule has 0 amide bonds. The van der Waals surface area contributed by atoms with Crippen LogP contribution < -0.4 is 0 Å². The first-order chi connectivity index (χ1) is 7.77. The van der Waals surface area contributed by atoms with Crippen LogP contribution in [0.3, 0.4) is 0 Å². The van der Waals surface area contributed by atoms with Crippen LogP contribution >= 0.6 is 23.4 Å². The summed E-state index contributed by atoms with van der Waals surface area (Å²) in [6.07, 6.45) is 3.49. The molecule has 2 nitrogen and oxygen atoms in total. The molecule has 16 heavy (non-hydrogen) atoms. The number of hydrogen-bond acceptors (Lipinski definition) is 3. The van der Waals surface area contributed by atoms with Gasteiger partial charge in [0.15, 0.2) is 5.16 Å². The molecule has 0 N–H and O–H groups in total. The molecule has 4 heteroatoms. The monoisotopic (exact) mass is 250 g/mol. The summed E-state index contributed by atoms with van der Waals surface area (Å²) >= 11 is 7.74. The fourth-order valence-corrected chi connectivity index (χ4v) is 2.63. The molecule has 2 rings (SSSR count). The summed E-state index contributed by atoms with van der Waals surface area (Å²) in [7, 11) is 0. The van der Waals surface area contributed by atoms with Gasteiger partial charge >= 0.3 is 0 Å². The van der Waals surface area contributed by atoms with Crippen LogP contribution in [0.4, 0.5) is 0 Å². The van der Waals surface area contributed by atoms with E-state index in [1.165, 1.54) is 0 Å². The highest BCUT2D eigenvalue weighted by molar-refractivity contribution is 7.99. The molecule has 1 aromatic carbocycles. The highest BCUT2D eigenvalue weighted by Gasteiger charge is 2.11. The van der Waals surface area contributed by atoms with Crippen molar-refractivity contribution in [2.75, 3.05) is 0 Å². The Balaban J connectivity index is 2.15. The third kappa shape index (κ3) is 2.74. The van der Waals surface area contributed by atoms with Crippen molar-refractivity contribution in [2.24, 2.45) is 0 Å². The molecule has 1 heterocycles. The third-order valence-corrected chi connectivity index (χ3v) is 3.54. The summed E-state index contributed by atoms with van der Waals surface area (Å²) in [5.41, 5.74) is 1.11. The van der Waals surface area contributed by atoms with E-state index in [0.717, 1.165) is 15.7 Å². The van der Waals surface area contributed by atoms with Crippen LogP contribution in [0.2, 0.25) is 5.02 Å². The topological polar surface area (TPSA) is 25.8 Å². The number of thioether (sulfide) groups is 1. The van der Waals surface area contributed by atoms with E-state index in [1.54, 1.807) is 24.2 Å². The highest BCUT2D eigenvalue weighted by Crippen LogP contribution is 2.35. The SMILES string of the molecule is CC(Sc1ncccn1)c1ccccc1Cl. The fourth-order valence-electron chi connectivity index (χ4n) is 1.37. The van der Waals surface area contributed by atoms with Gasteiger partial charge < -0.3 is 0 Å². The maximum Gasteiger partial charge on any atom is 0.188 e. The number of nitrogens with zero attached hydrogens (tertiary/aromatic N) is 2. The van der Waals surface area contributed by atoms with E-state index in [1.807, 2.05) is 30.3 Å². The quantitative estimate of drug-likeness (QED) is 0.609. The molecule has 0 aliphatic rings. The lowest BCUT2D eigenvalue weighted by atomic mass is 10.2. The number of halogens is 1. The lowest BCUT2D eigenvalue weighted by Crippen LogP contribution is -1.92. The molecule has 1 aromatic heterocycles. The Bertz CT molecular complexity index is 462. The minimum Gasteiger partial charge on any atom is -0.231 e. The number of hydrogen-bond donors (Lipinski definition) is 0. The molecule has 2 aromatic rings. The molecular weight excluding hydrogens is 240 g/mol. The van der Waals surface area contributed by atoms with Gasteiger partial charge in [0.1, 0.15) is 0 Å². The predicted octanol–water partition coefficient (Wildman–Crippen LogP) is 3.98. The van der Waals surface area contributed by atoms with Gasteiger partial charge in [-0.25, -0.2) is 9.97 Å². The average Bonchev–Trinajstić information content (AvgIpc) is 2.31. The molecule has 0 spiro atoms. The Hall–Kier alpha value is -1.06. The van der Waals surface area contributed by atoms with Crippen LogP contribution in [0.25, 0.3) is 0 Å². The molecule has 0 fully saturated rings. The van der Waals surface area contributed by atoms with Gasteiger partial charge in [-0.05, 0) is 24.6 Å². The number of benzene rings is 1. The smallest absolute Gasteiger partial charge is 0.188 e. The molecule has 0 radical (unpaired) electrons. The minimum atomic E-state index is 0.246. The second-order valence-corrected chi connectivity index (χ2v) is 5.03. The molecule has 0 saturated carbocycles. The zero-order valence-electron chi connectivity index (χ0n) is 8.80. The van der Waals surface area contributed by atoms with Crippen molar-refractivity contribution in [3.05, 3.63) is 53.3 Å². The second kappa shape index (κ2) is 5.32. The zero-order chi connectivity index (χ0) is 11.4. The van der Waals surface area contributed by atoms with E-state index < -0.39 is 0 Å². The molecule has 1 atom stereocenters. The summed E-state index contributed by atoms with van der Waals surface area (Å²) < 4.78 is 0. The maximum absolute atomic E-state index is 6.13. The summed E-state index contributed by atoms with van der Waals surface area (Å²) in [5, 5.41) is 1.81. The van der Waals surface area contributed by atoms with Gasteiger partial charge in [0.05, 0.1) is 0 Å². The van der Waals surface area contributed by atoms with Crippen LogP contribution in [0.15, 0.2) is 47.9 Å². The van der Waals surface area contributed by atoms with E-state index >= 15 is 0 Å². The van der Waals surface area contributed by atoms with Crippen LogP contribution in [0, 0.1) is 0 Å². The second-order valence-electron chi connectivity index (χ2n) is 3.31. The average molecular weight is 251 g/mol. The van der Waals surface area contributed by atoms with Crippen LogP contribution in [-0.4, -0.2) is 9.97 Å². The minimum absolute atomic E-state index is 0.246. The Morgan fingerprint density at radius 1 is 1.12 bits per heavy atom. The lowest BCUT2D eigenvalue weighted by Gasteiger charge is -2.11. The molecule has 0 saturated heterocycles. The first-order valence-electron chi connectivity index (χ1n) is 4.95. The standard InChI is InChI=1S/C12H11ClN2S/c1-9(10-5-2-3-6-11(10)13)16-12-14-7-4-8-15-12/h2-9H,1H3. The predicted molar refractivity (Wildman–Crippen MR) is 67.8 cm³/mol.